The number of carbonyl (C=O) groups is 1. The minimum absolute atomic E-state index is 0.210. The highest BCUT2D eigenvalue weighted by Crippen LogP contribution is 2.14. The van der Waals surface area contributed by atoms with Gasteiger partial charge in [0.05, 0.1) is 18.3 Å². The van der Waals surface area contributed by atoms with Gasteiger partial charge in [0.1, 0.15) is 5.82 Å². The molecule has 1 aromatic carbocycles. The molecule has 0 saturated carbocycles. The first-order chi connectivity index (χ1) is 9.61. The molecule has 0 spiro atoms. The molecule has 0 atom stereocenters. The number of anilines is 1. The molecule has 0 bridgehead atoms. The molecule has 0 fully saturated rings. The van der Waals surface area contributed by atoms with Crippen LogP contribution < -0.4 is 11.1 Å². The van der Waals surface area contributed by atoms with Crippen molar-refractivity contribution in [3.8, 4) is 11.8 Å². The Labute approximate surface area is 117 Å². The van der Waals surface area contributed by atoms with Gasteiger partial charge in [-0.3, -0.25) is 9.48 Å². The molecule has 102 valence electrons. The minimum Gasteiger partial charge on any atom is -0.320 e. The van der Waals surface area contributed by atoms with Crippen LogP contribution in [-0.4, -0.2) is 22.2 Å². The Hall–Kier alpha value is -2.58. The van der Waals surface area contributed by atoms with Gasteiger partial charge in [-0.25, -0.2) is 0 Å². The van der Waals surface area contributed by atoms with Crippen molar-refractivity contribution in [3.63, 3.8) is 0 Å². The number of nitrogens with one attached hydrogen (secondary N) is 1. The van der Waals surface area contributed by atoms with Gasteiger partial charge in [-0.15, -0.1) is 0 Å². The third-order valence-electron chi connectivity index (χ3n) is 2.81. The van der Waals surface area contributed by atoms with Gasteiger partial charge in [-0.2, -0.15) is 5.10 Å². The van der Waals surface area contributed by atoms with E-state index >= 15 is 0 Å². The molecule has 3 N–H and O–H groups in total. The maximum atomic E-state index is 12.3. The Bertz CT molecular complexity index is 691. The SMILES string of the molecule is Cc1ccc(C#CCN)c(C(=O)Nc2ccnn2C)c1. The van der Waals surface area contributed by atoms with Crippen LogP contribution in [0.5, 0.6) is 0 Å². The summed E-state index contributed by atoms with van der Waals surface area (Å²) in [6.45, 7) is 2.19. The predicted molar refractivity (Wildman–Crippen MR) is 78.3 cm³/mol. The fraction of sp³-hybridized carbons (Fsp3) is 0.200. The lowest BCUT2D eigenvalue weighted by molar-refractivity contribution is 0.102. The third-order valence-corrected chi connectivity index (χ3v) is 2.81. The highest BCUT2D eigenvalue weighted by Gasteiger charge is 2.12. The number of amides is 1. The average Bonchev–Trinajstić information content (AvgIpc) is 2.83. The molecular formula is C15H16N4O. The molecule has 1 heterocycles. The number of aromatic nitrogens is 2. The van der Waals surface area contributed by atoms with E-state index in [1.807, 2.05) is 25.1 Å². The standard InChI is InChI=1S/C15H16N4O/c1-11-5-6-12(4-3-8-16)13(10-11)15(20)18-14-7-9-17-19(14)2/h5-7,9-10H,8,16H2,1-2H3,(H,18,20). The fourth-order valence-electron chi connectivity index (χ4n) is 1.78. The number of aryl methyl sites for hydroxylation is 2. The van der Waals surface area contributed by atoms with Crippen molar-refractivity contribution in [2.75, 3.05) is 11.9 Å². The van der Waals surface area contributed by atoms with Gasteiger partial charge in [0.15, 0.2) is 0 Å². The molecule has 1 amide bonds. The molecule has 0 radical (unpaired) electrons. The van der Waals surface area contributed by atoms with Crippen molar-refractivity contribution in [2.24, 2.45) is 12.8 Å². The maximum Gasteiger partial charge on any atom is 0.258 e. The van der Waals surface area contributed by atoms with Crippen LogP contribution >= 0.6 is 0 Å². The van der Waals surface area contributed by atoms with Crippen LogP contribution in [0, 0.1) is 18.8 Å². The summed E-state index contributed by atoms with van der Waals surface area (Å²) in [5, 5.41) is 6.82. The zero-order valence-electron chi connectivity index (χ0n) is 11.5. The van der Waals surface area contributed by atoms with Crippen molar-refractivity contribution in [3.05, 3.63) is 47.2 Å². The van der Waals surface area contributed by atoms with Crippen molar-refractivity contribution in [1.29, 1.82) is 0 Å². The first-order valence-electron chi connectivity index (χ1n) is 6.20. The van der Waals surface area contributed by atoms with Crippen LogP contribution in [0.2, 0.25) is 0 Å². The second kappa shape index (κ2) is 6.04. The van der Waals surface area contributed by atoms with E-state index < -0.39 is 0 Å². The van der Waals surface area contributed by atoms with E-state index in [9.17, 15) is 4.79 Å². The van der Waals surface area contributed by atoms with Crippen molar-refractivity contribution < 1.29 is 4.79 Å². The van der Waals surface area contributed by atoms with Gasteiger partial charge < -0.3 is 11.1 Å². The number of nitrogens with zero attached hydrogens (tertiary/aromatic N) is 2. The smallest absolute Gasteiger partial charge is 0.258 e. The summed E-state index contributed by atoms with van der Waals surface area (Å²) >= 11 is 0. The zero-order chi connectivity index (χ0) is 14.5. The topological polar surface area (TPSA) is 72.9 Å². The van der Waals surface area contributed by atoms with Gasteiger partial charge in [0.2, 0.25) is 0 Å². The lowest BCUT2D eigenvalue weighted by Gasteiger charge is -2.08. The fourth-order valence-corrected chi connectivity index (χ4v) is 1.78. The third kappa shape index (κ3) is 3.05. The lowest BCUT2D eigenvalue weighted by atomic mass is 10.0. The van der Waals surface area contributed by atoms with E-state index in [4.69, 9.17) is 5.73 Å². The molecular weight excluding hydrogens is 252 g/mol. The first-order valence-corrected chi connectivity index (χ1v) is 6.20. The van der Waals surface area contributed by atoms with Crippen molar-refractivity contribution in [2.45, 2.75) is 6.92 Å². The van der Waals surface area contributed by atoms with Gasteiger partial charge in [-0.1, -0.05) is 23.5 Å². The Morgan fingerprint density at radius 3 is 2.90 bits per heavy atom. The van der Waals surface area contributed by atoms with Crippen LogP contribution in [0.4, 0.5) is 5.82 Å². The van der Waals surface area contributed by atoms with Crippen molar-refractivity contribution >= 4 is 11.7 Å². The summed E-state index contributed by atoms with van der Waals surface area (Å²) < 4.78 is 1.60. The van der Waals surface area contributed by atoms with E-state index in [1.54, 1.807) is 24.0 Å². The normalized spacial score (nSPS) is 9.75. The molecule has 2 aromatic rings. The van der Waals surface area contributed by atoms with E-state index in [0.29, 0.717) is 16.9 Å². The van der Waals surface area contributed by atoms with E-state index in [1.165, 1.54) is 0 Å². The predicted octanol–water partition coefficient (Wildman–Crippen LogP) is 1.29. The van der Waals surface area contributed by atoms with Crippen LogP contribution in [0.1, 0.15) is 21.5 Å². The van der Waals surface area contributed by atoms with Crippen LogP contribution in [-0.2, 0) is 7.05 Å². The lowest BCUT2D eigenvalue weighted by Crippen LogP contribution is -2.16. The molecule has 5 nitrogen and oxygen atoms in total. The number of benzene rings is 1. The number of hydrogen-bond donors (Lipinski definition) is 2. The first kappa shape index (κ1) is 13.8. The monoisotopic (exact) mass is 268 g/mol. The maximum absolute atomic E-state index is 12.3. The molecule has 0 aliphatic carbocycles. The Kier molecular flexibility index (Phi) is 4.18. The highest BCUT2D eigenvalue weighted by molar-refractivity contribution is 6.05. The summed E-state index contributed by atoms with van der Waals surface area (Å²) in [4.78, 5) is 12.3. The van der Waals surface area contributed by atoms with Gasteiger partial charge >= 0.3 is 0 Å². The summed E-state index contributed by atoms with van der Waals surface area (Å²) in [5.74, 6) is 6.11. The number of rotatable bonds is 2. The second-order valence-corrected chi connectivity index (χ2v) is 4.35. The van der Waals surface area contributed by atoms with Crippen molar-refractivity contribution in [1.82, 2.24) is 9.78 Å². The summed E-state index contributed by atoms with van der Waals surface area (Å²) in [5.41, 5.74) is 7.58. The zero-order valence-corrected chi connectivity index (χ0v) is 11.5. The summed E-state index contributed by atoms with van der Waals surface area (Å²) in [6, 6.07) is 7.29. The van der Waals surface area contributed by atoms with E-state index in [-0.39, 0.29) is 12.5 Å². The van der Waals surface area contributed by atoms with Crippen LogP contribution in [0.25, 0.3) is 0 Å². The summed E-state index contributed by atoms with van der Waals surface area (Å²) in [6.07, 6.45) is 1.63. The largest absolute Gasteiger partial charge is 0.320 e. The molecule has 0 aliphatic rings. The molecule has 5 heteroatoms. The van der Waals surface area contributed by atoms with Gasteiger partial charge in [0, 0.05) is 18.7 Å². The Morgan fingerprint density at radius 1 is 1.45 bits per heavy atom. The van der Waals surface area contributed by atoms with E-state index in [0.717, 1.165) is 5.56 Å². The Morgan fingerprint density at radius 2 is 2.25 bits per heavy atom. The summed E-state index contributed by atoms with van der Waals surface area (Å²) in [7, 11) is 1.76. The molecule has 2 rings (SSSR count). The van der Waals surface area contributed by atoms with Crippen LogP contribution in [0.15, 0.2) is 30.5 Å². The molecule has 1 aromatic heterocycles. The average molecular weight is 268 g/mol. The quantitative estimate of drug-likeness (QED) is 0.806. The molecule has 0 unspecified atom stereocenters. The number of hydrogen-bond acceptors (Lipinski definition) is 3. The van der Waals surface area contributed by atoms with Crippen LogP contribution in [0.3, 0.4) is 0 Å². The number of nitrogens with two attached hydrogens (primary N) is 1. The Balaban J connectivity index is 2.33. The molecule has 0 aliphatic heterocycles. The second-order valence-electron chi connectivity index (χ2n) is 4.35. The minimum atomic E-state index is -0.210. The van der Waals surface area contributed by atoms with Gasteiger partial charge in [0.25, 0.3) is 5.91 Å². The van der Waals surface area contributed by atoms with Gasteiger partial charge in [-0.05, 0) is 19.1 Å². The number of carbonyl (C=O) groups excluding carboxylic acids is 1. The molecule has 0 saturated heterocycles. The van der Waals surface area contributed by atoms with E-state index in [2.05, 4.69) is 22.3 Å². The molecule has 20 heavy (non-hydrogen) atoms. The highest BCUT2D eigenvalue weighted by atomic mass is 16.1.